The summed E-state index contributed by atoms with van der Waals surface area (Å²) < 4.78 is 2.38. The van der Waals surface area contributed by atoms with E-state index in [-0.39, 0.29) is 0 Å². The van der Waals surface area contributed by atoms with Crippen LogP contribution in [0.5, 0.6) is 0 Å². The minimum Gasteiger partial charge on any atom is -0.310 e. The van der Waals surface area contributed by atoms with E-state index >= 15 is 0 Å². The van der Waals surface area contributed by atoms with E-state index < -0.39 is 5.41 Å². The van der Waals surface area contributed by atoms with Gasteiger partial charge >= 0.3 is 0 Å². The van der Waals surface area contributed by atoms with Gasteiger partial charge in [-0.15, -0.1) is 0 Å². The molecule has 3 heteroatoms. The first kappa shape index (κ1) is 43.1. The Morgan fingerprint density at radius 3 is 1.51 bits per heavy atom. The fraction of sp³-hybridized carbons (Fsp3) is 0.0141. The summed E-state index contributed by atoms with van der Waals surface area (Å²) in [5.74, 6) is 0. The van der Waals surface area contributed by atoms with E-state index in [9.17, 15) is 0 Å². The van der Waals surface area contributed by atoms with E-state index in [0.29, 0.717) is 0 Å². The summed E-state index contributed by atoms with van der Waals surface area (Å²) in [5, 5.41) is 4.90. The van der Waals surface area contributed by atoms with Crippen molar-refractivity contribution in [3.63, 3.8) is 0 Å². The largest absolute Gasteiger partial charge is 0.310 e. The molecule has 74 heavy (non-hydrogen) atoms. The average molecular weight is 944 g/mol. The molecule has 1 aromatic heterocycles. The van der Waals surface area contributed by atoms with E-state index in [1.807, 2.05) is 0 Å². The Morgan fingerprint density at radius 1 is 0.284 bits per heavy atom. The molecule has 3 nitrogen and oxygen atoms in total. The van der Waals surface area contributed by atoms with Crippen molar-refractivity contribution in [3.05, 3.63) is 320 Å². The van der Waals surface area contributed by atoms with Gasteiger partial charge in [-0.2, -0.15) is 0 Å². The fourth-order valence-corrected chi connectivity index (χ4v) is 12.0. The summed E-state index contributed by atoms with van der Waals surface area (Å²) >= 11 is 0. The number of benzene rings is 12. The Kier molecular flexibility index (Phi) is 10.4. The molecular formula is C71H49N3. The standard InChI is InChI=1S/C71H49N3/c1-4-24-53(25-5-1)71(54-26-20-32-59(48-54)72(55-27-6-2-7-28-55)56-29-8-3-9-30-56)66-37-15-12-34-62(66)63-46-45-60(49-67(63)71)73(68-40-19-22-51-21-10-11-33-61(51)68)58-31-18-23-52(47-58)50-41-43-57(44-42-50)74-69-38-16-13-35-64(69)65-36-14-17-39-70(65)74/h1-49H. The number of hydrogen-bond donors (Lipinski definition) is 0. The van der Waals surface area contributed by atoms with Gasteiger partial charge in [-0.05, 0) is 141 Å². The lowest BCUT2D eigenvalue weighted by molar-refractivity contribution is 0.768. The summed E-state index contributed by atoms with van der Waals surface area (Å²) in [6.45, 7) is 0. The van der Waals surface area contributed by atoms with Crippen LogP contribution in [-0.4, -0.2) is 4.57 Å². The van der Waals surface area contributed by atoms with Crippen LogP contribution >= 0.6 is 0 Å². The molecule has 13 aromatic rings. The zero-order valence-electron chi connectivity index (χ0n) is 40.6. The third-order valence-corrected chi connectivity index (χ3v) is 15.2. The molecule has 0 saturated carbocycles. The summed E-state index contributed by atoms with van der Waals surface area (Å²) in [6.07, 6.45) is 0. The Bertz CT molecular complexity index is 4100. The van der Waals surface area contributed by atoms with Crippen LogP contribution < -0.4 is 9.80 Å². The van der Waals surface area contributed by atoms with Crippen LogP contribution in [0.25, 0.3) is 60.5 Å². The van der Waals surface area contributed by atoms with Crippen molar-refractivity contribution in [3.8, 4) is 27.9 Å². The second-order valence-corrected chi connectivity index (χ2v) is 19.2. The van der Waals surface area contributed by atoms with E-state index in [0.717, 1.165) is 50.9 Å². The number of hydrogen-bond acceptors (Lipinski definition) is 2. The van der Waals surface area contributed by atoms with Gasteiger partial charge in [0.05, 0.1) is 22.1 Å². The maximum absolute atomic E-state index is 2.48. The van der Waals surface area contributed by atoms with E-state index in [1.165, 1.54) is 66.0 Å². The van der Waals surface area contributed by atoms with Crippen LogP contribution in [0.15, 0.2) is 297 Å². The second-order valence-electron chi connectivity index (χ2n) is 19.2. The molecule has 1 atom stereocenters. The molecule has 0 radical (unpaired) electrons. The van der Waals surface area contributed by atoms with Crippen molar-refractivity contribution in [1.29, 1.82) is 0 Å². The minimum absolute atomic E-state index is 0.664. The van der Waals surface area contributed by atoms with Crippen LogP contribution in [-0.2, 0) is 5.41 Å². The smallest absolute Gasteiger partial charge is 0.0715 e. The normalized spacial score (nSPS) is 13.7. The van der Waals surface area contributed by atoms with Crippen molar-refractivity contribution >= 4 is 66.7 Å². The highest BCUT2D eigenvalue weighted by molar-refractivity contribution is 6.09. The SMILES string of the molecule is c1ccc(N(c2ccccc2)c2cccc(C3(c4ccccc4)c4ccccc4-c4ccc(N(c5cccc(-c6ccc(-n7c8ccccc8c8ccccc87)cc6)c5)c5cccc6ccccc56)cc43)c2)cc1. The van der Waals surface area contributed by atoms with Gasteiger partial charge in [-0.3, -0.25) is 0 Å². The van der Waals surface area contributed by atoms with Crippen molar-refractivity contribution in [2.45, 2.75) is 5.41 Å². The topological polar surface area (TPSA) is 11.4 Å². The minimum atomic E-state index is -0.664. The molecule has 348 valence electrons. The summed E-state index contributed by atoms with van der Waals surface area (Å²) in [4.78, 5) is 4.84. The van der Waals surface area contributed by atoms with Crippen LogP contribution in [0.1, 0.15) is 22.3 Å². The maximum Gasteiger partial charge on any atom is 0.0715 e. The van der Waals surface area contributed by atoms with Gasteiger partial charge in [0.25, 0.3) is 0 Å². The average Bonchev–Trinajstić information content (AvgIpc) is 3.98. The molecule has 0 spiro atoms. The number of para-hydroxylation sites is 4. The van der Waals surface area contributed by atoms with E-state index in [2.05, 4.69) is 312 Å². The molecule has 12 aromatic carbocycles. The molecule has 1 heterocycles. The lowest BCUT2D eigenvalue weighted by Crippen LogP contribution is -2.29. The van der Waals surface area contributed by atoms with Gasteiger partial charge in [0.2, 0.25) is 0 Å². The predicted octanol–water partition coefficient (Wildman–Crippen LogP) is 18.9. The van der Waals surface area contributed by atoms with Crippen molar-refractivity contribution in [2.75, 3.05) is 9.80 Å². The molecule has 0 fully saturated rings. The fourth-order valence-electron chi connectivity index (χ4n) is 12.0. The molecule has 0 N–H and O–H groups in total. The van der Waals surface area contributed by atoms with Crippen LogP contribution in [0.2, 0.25) is 0 Å². The molecule has 0 aliphatic heterocycles. The molecule has 0 bridgehead atoms. The molecule has 0 amide bonds. The van der Waals surface area contributed by atoms with Gasteiger partial charge in [0.15, 0.2) is 0 Å². The number of fused-ring (bicyclic) bond motifs is 7. The van der Waals surface area contributed by atoms with Gasteiger partial charge in [-0.1, -0.05) is 206 Å². The number of anilines is 6. The first-order chi connectivity index (χ1) is 36.7. The quantitative estimate of drug-likeness (QED) is 0.135. The number of nitrogens with zero attached hydrogens (tertiary/aromatic N) is 3. The Morgan fingerprint density at radius 2 is 0.797 bits per heavy atom. The van der Waals surface area contributed by atoms with Crippen molar-refractivity contribution < 1.29 is 0 Å². The van der Waals surface area contributed by atoms with Crippen LogP contribution in [0.3, 0.4) is 0 Å². The summed E-state index contributed by atoms with van der Waals surface area (Å²) in [6, 6.07) is 109. The van der Waals surface area contributed by atoms with Crippen LogP contribution in [0, 0.1) is 0 Å². The number of rotatable bonds is 10. The van der Waals surface area contributed by atoms with E-state index in [4.69, 9.17) is 0 Å². The lowest BCUT2D eigenvalue weighted by Gasteiger charge is -2.36. The first-order valence-electron chi connectivity index (χ1n) is 25.5. The van der Waals surface area contributed by atoms with Gasteiger partial charge in [-0.25, -0.2) is 0 Å². The molecular weight excluding hydrogens is 895 g/mol. The molecule has 0 saturated heterocycles. The summed E-state index contributed by atoms with van der Waals surface area (Å²) in [7, 11) is 0. The van der Waals surface area contributed by atoms with Gasteiger partial charge < -0.3 is 14.4 Å². The van der Waals surface area contributed by atoms with E-state index in [1.54, 1.807) is 0 Å². The second kappa shape index (κ2) is 17.9. The Hall–Kier alpha value is -9.70. The Balaban J connectivity index is 0.955. The zero-order valence-corrected chi connectivity index (χ0v) is 40.6. The third kappa shape index (κ3) is 6.97. The van der Waals surface area contributed by atoms with Gasteiger partial charge in [0, 0.05) is 50.3 Å². The van der Waals surface area contributed by atoms with Crippen LogP contribution in [0.4, 0.5) is 34.1 Å². The Labute approximate surface area is 431 Å². The first-order valence-corrected chi connectivity index (χ1v) is 25.5. The third-order valence-electron chi connectivity index (χ3n) is 15.2. The molecule has 14 rings (SSSR count). The molecule has 1 aliphatic carbocycles. The lowest BCUT2D eigenvalue weighted by atomic mass is 9.67. The van der Waals surface area contributed by atoms with Crippen molar-refractivity contribution in [1.82, 2.24) is 4.57 Å². The monoisotopic (exact) mass is 943 g/mol. The molecule has 1 aliphatic rings. The highest BCUT2D eigenvalue weighted by atomic mass is 15.1. The predicted molar refractivity (Wildman–Crippen MR) is 310 cm³/mol. The highest BCUT2D eigenvalue weighted by Gasteiger charge is 2.46. The van der Waals surface area contributed by atoms with Crippen molar-refractivity contribution in [2.24, 2.45) is 0 Å². The van der Waals surface area contributed by atoms with Gasteiger partial charge in [0.1, 0.15) is 0 Å². The maximum atomic E-state index is 2.48. The highest BCUT2D eigenvalue weighted by Crippen LogP contribution is 2.58. The molecule has 1 unspecified atom stereocenters. The number of aromatic nitrogens is 1. The summed E-state index contributed by atoms with van der Waals surface area (Å²) in [5.41, 5.74) is 19.2. The zero-order chi connectivity index (χ0) is 49.0.